The summed E-state index contributed by atoms with van der Waals surface area (Å²) in [5.74, 6) is 0. The summed E-state index contributed by atoms with van der Waals surface area (Å²) >= 11 is 0. The van der Waals surface area contributed by atoms with Crippen LogP contribution in [0, 0.1) is 0 Å². The van der Waals surface area contributed by atoms with E-state index in [1.54, 1.807) is 0 Å². The van der Waals surface area contributed by atoms with Gasteiger partial charge in [0.25, 0.3) is 0 Å². The molecular weight excluding hydrogens is 666 g/mol. The van der Waals surface area contributed by atoms with Gasteiger partial charge in [-0.25, -0.2) is 0 Å². The maximum Gasteiger partial charge on any atom is 0.187 e. The van der Waals surface area contributed by atoms with Gasteiger partial charge in [0, 0.05) is 10.5 Å². The average Bonchev–Trinajstić information content (AvgIpc) is 3.65. The van der Waals surface area contributed by atoms with Crippen molar-refractivity contribution in [3.63, 3.8) is 0 Å². The molecule has 12 heteroatoms. The van der Waals surface area contributed by atoms with Gasteiger partial charge < -0.3 is 42.6 Å². The first kappa shape index (κ1) is 34.9. The second-order valence-electron chi connectivity index (χ2n) is 13.2. The smallest absolute Gasteiger partial charge is 0.187 e. The molecule has 8 rings (SSSR count). The van der Waals surface area contributed by atoms with E-state index in [9.17, 15) is 5.53 Å². The molecule has 4 heterocycles. The Bertz CT molecular complexity index is 1750. The minimum Gasteiger partial charge on any atom is -0.370 e. The molecule has 4 aromatic rings. The van der Waals surface area contributed by atoms with Crippen LogP contribution in [0.25, 0.3) is 10.4 Å². The molecule has 11 atom stereocenters. The highest BCUT2D eigenvalue weighted by Gasteiger charge is 2.57. The van der Waals surface area contributed by atoms with E-state index in [0.29, 0.717) is 6.61 Å². The van der Waals surface area contributed by atoms with E-state index < -0.39 is 67.6 Å². The van der Waals surface area contributed by atoms with Crippen LogP contribution in [0.15, 0.2) is 126 Å². The number of hydrogen-bond donors (Lipinski definition) is 0. The van der Waals surface area contributed by atoms with Crippen molar-refractivity contribution >= 4 is 0 Å². The molecule has 4 fully saturated rings. The van der Waals surface area contributed by atoms with Gasteiger partial charge in [0.15, 0.2) is 18.9 Å². The summed E-state index contributed by atoms with van der Waals surface area (Å²) < 4.78 is 58.7. The van der Waals surface area contributed by atoms with Crippen LogP contribution in [0.4, 0.5) is 0 Å². The Hall–Kier alpha value is -4.17. The number of fused-ring (bicyclic) bond motifs is 3. The van der Waals surface area contributed by atoms with Crippen LogP contribution in [0.2, 0.25) is 0 Å². The lowest BCUT2D eigenvalue weighted by Gasteiger charge is -2.50. The molecule has 4 saturated heterocycles. The molecule has 0 spiro atoms. The van der Waals surface area contributed by atoms with Crippen LogP contribution < -0.4 is 0 Å². The van der Waals surface area contributed by atoms with E-state index >= 15 is 0 Å². The van der Waals surface area contributed by atoms with Crippen molar-refractivity contribution in [2.75, 3.05) is 13.2 Å². The highest BCUT2D eigenvalue weighted by atomic mass is 16.8. The summed E-state index contributed by atoms with van der Waals surface area (Å²) in [6.45, 7) is 1.29. The van der Waals surface area contributed by atoms with E-state index in [1.807, 2.05) is 121 Å². The SMILES string of the molecule is [N-]=[N+]=N[C@H]1C2OCC(O2)[C@@H](O[C@@H]2O[C@@H]3COC(c4ccccc4)O[C@H]3[C@H](OCc3ccccc3)[C@@H]2OCc2ccccc2)[C@@H]1OCc1ccccc1. The maximum absolute atomic E-state index is 9.56. The van der Waals surface area contributed by atoms with Crippen molar-refractivity contribution in [2.24, 2.45) is 5.11 Å². The summed E-state index contributed by atoms with van der Waals surface area (Å²) in [6.07, 6.45) is -6.89. The molecule has 52 heavy (non-hydrogen) atoms. The molecule has 2 bridgehead atoms. The van der Waals surface area contributed by atoms with Gasteiger partial charge >= 0.3 is 0 Å². The molecule has 0 radical (unpaired) electrons. The number of azide groups is 1. The van der Waals surface area contributed by atoms with Gasteiger partial charge in [0.1, 0.15) is 48.8 Å². The molecule has 0 aromatic heterocycles. The Labute approximate surface area is 302 Å². The van der Waals surface area contributed by atoms with Crippen LogP contribution in [-0.4, -0.2) is 74.6 Å². The third kappa shape index (κ3) is 7.92. The van der Waals surface area contributed by atoms with E-state index in [-0.39, 0.29) is 26.4 Å². The van der Waals surface area contributed by atoms with Crippen molar-refractivity contribution in [2.45, 2.75) is 87.5 Å². The number of rotatable bonds is 13. The van der Waals surface area contributed by atoms with E-state index in [2.05, 4.69) is 10.0 Å². The molecule has 3 unspecified atom stereocenters. The van der Waals surface area contributed by atoms with E-state index in [0.717, 1.165) is 22.3 Å². The second kappa shape index (κ2) is 16.7. The molecule has 0 amide bonds. The van der Waals surface area contributed by atoms with Gasteiger partial charge in [0.2, 0.25) is 0 Å². The third-order valence-electron chi connectivity index (χ3n) is 9.73. The minimum absolute atomic E-state index is 0.227. The van der Waals surface area contributed by atoms with Crippen molar-refractivity contribution in [3.05, 3.63) is 154 Å². The highest BCUT2D eigenvalue weighted by Crippen LogP contribution is 2.40. The van der Waals surface area contributed by atoms with Crippen LogP contribution >= 0.6 is 0 Å². The normalized spacial score (nSPS) is 32.4. The summed E-state index contributed by atoms with van der Waals surface area (Å²) in [5, 5.41) is 4.06. The molecule has 4 aromatic carbocycles. The fourth-order valence-corrected chi connectivity index (χ4v) is 7.15. The van der Waals surface area contributed by atoms with Crippen LogP contribution in [-0.2, 0) is 62.5 Å². The van der Waals surface area contributed by atoms with Gasteiger partial charge in [-0.05, 0) is 22.2 Å². The zero-order valence-electron chi connectivity index (χ0n) is 28.4. The molecule has 0 N–H and O–H groups in total. The van der Waals surface area contributed by atoms with Gasteiger partial charge in [-0.15, -0.1) is 0 Å². The quantitative estimate of drug-likeness (QED) is 0.0880. The fraction of sp³-hybridized carbons (Fsp3) is 0.400. The fourth-order valence-electron chi connectivity index (χ4n) is 7.15. The Morgan fingerprint density at radius 1 is 0.577 bits per heavy atom. The lowest BCUT2D eigenvalue weighted by Crippen LogP contribution is -2.65. The predicted octanol–water partition coefficient (Wildman–Crippen LogP) is 6.40. The van der Waals surface area contributed by atoms with Crippen molar-refractivity contribution in [1.29, 1.82) is 0 Å². The van der Waals surface area contributed by atoms with Crippen molar-refractivity contribution in [1.82, 2.24) is 0 Å². The van der Waals surface area contributed by atoms with Gasteiger partial charge in [-0.1, -0.05) is 126 Å². The number of hydrogen-bond acceptors (Lipinski definition) is 10. The molecule has 12 nitrogen and oxygen atoms in total. The molecule has 4 aliphatic rings. The molecule has 4 aliphatic heterocycles. The zero-order chi connectivity index (χ0) is 35.1. The lowest BCUT2D eigenvalue weighted by atomic mass is 9.95. The van der Waals surface area contributed by atoms with E-state index in [4.69, 9.17) is 42.6 Å². The van der Waals surface area contributed by atoms with Gasteiger partial charge in [-0.2, -0.15) is 0 Å². The van der Waals surface area contributed by atoms with E-state index in [1.165, 1.54) is 0 Å². The standard InChI is InChI=1S/C40H41N3O9/c41-43-42-32-35(44-21-26-13-5-1-6-14-26)33(30-25-48-39(32)49-30)52-40-37(46-23-28-17-9-3-10-18-28)36(45-22-27-15-7-2-8-16-27)34-31(50-40)24-47-38(51-34)29-19-11-4-12-20-29/h1-20,30-40H,21-25H2/t30?,31-,32-,33-,34-,35-,36+,37+,38?,39?,40+/m1/s1. The molecule has 0 saturated carbocycles. The third-order valence-corrected chi connectivity index (χ3v) is 9.73. The average molecular weight is 708 g/mol. The molecular formula is C40H41N3O9. The molecule has 0 aliphatic carbocycles. The number of ether oxygens (including phenoxy) is 9. The molecule has 270 valence electrons. The summed E-state index contributed by atoms with van der Waals surface area (Å²) in [6, 6.07) is 38.6. The minimum atomic E-state index is -0.980. The highest BCUT2D eigenvalue weighted by molar-refractivity contribution is 5.18. The maximum atomic E-state index is 9.56. The first-order valence-corrected chi connectivity index (χ1v) is 17.6. The summed E-state index contributed by atoms with van der Waals surface area (Å²) in [7, 11) is 0. The monoisotopic (exact) mass is 707 g/mol. The van der Waals surface area contributed by atoms with Gasteiger partial charge in [0.05, 0.1) is 33.0 Å². The first-order valence-electron chi connectivity index (χ1n) is 17.6. The summed E-state index contributed by atoms with van der Waals surface area (Å²) in [5.41, 5.74) is 13.4. The van der Waals surface area contributed by atoms with Crippen molar-refractivity contribution in [3.8, 4) is 0 Å². The largest absolute Gasteiger partial charge is 0.370 e. The first-order chi connectivity index (χ1) is 25.7. The van der Waals surface area contributed by atoms with Crippen LogP contribution in [0.1, 0.15) is 28.5 Å². The number of benzene rings is 4. The second-order valence-corrected chi connectivity index (χ2v) is 13.2. The topological polar surface area (TPSA) is 132 Å². The Kier molecular flexibility index (Phi) is 11.2. The Morgan fingerprint density at radius 3 is 1.71 bits per heavy atom. The summed E-state index contributed by atoms with van der Waals surface area (Å²) in [4.78, 5) is 3.11. The van der Waals surface area contributed by atoms with Gasteiger partial charge in [-0.3, -0.25) is 0 Å². The number of nitrogens with zero attached hydrogens (tertiary/aromatic N) is 3. The Balaban J connectivity index is 1.12. The Morgan fingerprint density at radius 2 is 1.12 bits per heavy atom. The van der Waals surface area contributed by atoms with Crippen molar-refractivity contribution < 1.29 is 42.6 Å². The zero-order valence-corrected chi connectivity index (χ0v) is 28.4. The lowest BCUT2D eigenvalue weighted by molar-refractivity contribution is -0.385. The predicted molar refractivity (Wildman–Crippen MR) is 186 cm³/mol. The van der Waals surface area contributed by atoms with Crippen LogP contribution in [0.3, 0.4) is 0 Å². The van der Waals surface area contributed by atoms with Crippen LogP contribution in [0.5, 0.6) is 0 Å².